The molecule has 4 N–H and O–H groups in total. The Labute approximate surface area is 235 Å². The lowest BCUT2D eigenvalue weighted by atomic mass is 9.86. The van der Waals surface area contributed by atoms with Gasteiger partial charge in [0.1, 0.15) is 41.5 Å². The van der Waals surface area contributed by atoms with Crippen LogP contribution in [0, 0.1) is 17.8 Å². The first kappa shape index (κ1) is 32.1. The quantitative estimate of drug-likeness (QED) is 0.232. The van der Waals surface area contributed by atoms with Crippen molar-refractivity contribution in [1.29, 1.82) is 0 Å². The lowest BCUT2D eigenvalue weighted by molar-refractivity contribution is -0.277. The summed E-state index contributed by atoms with van der Waals surface area (Å²) in [5.74, 6) is 3.73. The van der Waals surface area contributed by atoms with Crippen LogP contribution in [0.3, 0.4) is 0 Å². The standard InChI is InChI=1S/C32H54O7/c1-21(2)9-6-10-22(3)11-7-12-23(4)13-8-17-32(5)18-16-24-19-25(14-15-26(24)39-32)37-31-30(36)29(35)28(34)27(20-33)38-31/h14-15,19,21-23,27-31,33-36H,6-13,16-18,20H2,1-5H3/t22?,23?,27?,28-,29+,30-,31?,32?/m1/s1. The molecule has 39 heavy (non-hydrogen) atoms. The van der Waals surface area contributed by atoms with E-state index in [-0.39, 0.29) is 5.60 Å². The van der Waals surface area contributed by atoms with E-state index in [1.165, 1.54) is 44.9 Å². The summed E-state index contributed by atoms with van der Waals surface area (Å²) in [7, 11) is 0. The number of hydrogen-bond donors (Lipinski definition) is 4. The van der Waals surface area contributed by atoms with Crippen LogP contribution in [0.4, 0.5) is 0 Å². The van der Waals surface area contributed by atoms with E-state index in [1.807, 2.05) is 12.1 Å². The van der Waals surface area contributed by atoms with E-state index in [9.17, 15) is 20.4 Å². The zero-order valence-corrected chi connectivity index (χ0v) is 24.8. The highest BCUT2D eigenvalue weighted by Crippen LogP contribution is 2.38. The van der Waals surface area contributed by atoms with Gasteiger partial charge >= 0.3 is 0 Å². The molecule has 0 saturated carbocycles. The zero-order chi connectivity index (χ0) is 28.6. The van der Waals surface area contributed by atoms with E-state index in [0.717, 1.165) is 54.7 Å². The smallest absolute Gasteiger partial charge is 0.229 e. The van der Waals surface area contributed by atoms with Gasteiger partial charge < -0.3 is 34.6 Å². The molecule has 2 heterocycles. The van der Waals surface area contributed by atoms with Gasteiger partial charge in [0.05, 0.1) is 6.61 Å². The fourth-order valence-corrected chi connectivity index (χ4v) is 5.92. The van der Waals surface area contributed by atoms with E-state index >= 15 is 0 Å². The van der Waals surface area contributed by atoms with Crippen LogP contribution in [-0.4, -0.2) is 63.3 Å². The number of aliphatic hydroxyl groups excluding tert-OH is 4. The second-order valence-electron chi connectivity index (χ2n) is 13.0. The molecule has 0 aromatic heterocycles. The molecule has 1 aromatic rings. The Hall–Kier alpha value is -1.38. The van der Waals surface area contributed by atoms with Crippen LogP contribution in [0.25, 0.3) is 0 Å². The predicted molar refractivity (Wildman–Crippen MR) is 153 cm³/mol. The van der Waals surface area contributed by atoms with Gasteiger partial charge in [-0.15, -0.1) is 0 Å². The molecule has 1 fully saturated rings. The Morgan fingerprint density at radius 1 is 0.897 bits per heavy atom. The fraction of sp³-hybridized carbons (Fsp3) is 0.812. The van der Waals surface area contributed by atoms with Crippen LogP contribution in [0.15, 0.2) is 18.2 Å². The molecule has 224 valence electrons. The van der Waals surface area contributed by atoms with E-state index in [4.69, 9.17) is 14.2 Å². The van der Waals surface area contributed by atoms with Crippen molar-refractivity contribution >= 4 is 0 Å². The molecule has 0 bridgehead atoms. The molecule has 7 heteroatoms. The van der Waals surface area contributed by atoms with Crippen LogP contribution in [0.5, 0.6) is 11.5 Å². The molecule has 2 aliphatic heterocycles. The molecule has 0 radical (unpaired) electrons. The number of rotatable bonds is 15. The molecule has 5 unspecified atom stereocenters. The van der Waals surface area contributed by atoms with Gasteiger partial charge in [-0.3, -0.25) is 0 Å². The first-order chi connectivity index (χ1) is 18.5. The van der Waals surface area contributed by atoms with Crippen molar-refractivity contribution in [3.63, 3.8) is 0 Å². The van der Waals surface area contributed by atoms with Crippen molar-refractivity contribution in [2.75, 3.05) is 6.61 Å². The summed E-state index contributed by atoms with van der Waals surface area (Å²) in [4.78, 5) is 0. The minimum Gasteiger partial charge on any atom is -0.487 e. The average Bonchev–Trinajstić information content (AvgIpc) is 2.89. The third-order valence-corrected chi connectivity index (χ3v) is 8.69. The van der Waals surface area contributed by atoms with Gasteiger partial charge in [-0.05, 0) is 74.1 Å². The summed E-state index contributed by atoms with van der Waals surface area (Å²) in [6.45, 7) is 11.1. The maximum Gasteiger partial charge on any atom is 0.229 e. The van der Waals surface area contributed by atoms with Crippen molar-refractivity contribution in [2.45, 2.75) is 142 Å². The van der Waals surface area contributed by atoms with Crippen LogP contribution in [-0.2, 0) is 11.2 Å². The molecule has 1 saturated heterocycles. The number of hydrogen-bond acceptors (Lipinski definition) is 7. The SMILES string of the molecule is CC(C)CCCC(C)CCCC(C)CCCC1(C)CCc2cc(OC3OC(CO)[C@@H](O)[C@H](O)[C@H]3O)ccc2O1. The second-order valence-corrected chi connectivity index (χ2v) is 13.0. The molecule has 2 aliphatic rings. The lowest BCUT2D eigenvalue weighted by Crippen LogP contribution is -2.60. The predicted octanol–water partition coefficient (Wildman–Crippen LogP) is 5.39. The highest BCUT2D eigenvalue weighted by Gasteiger charge is 2.44. The minimum absolute atomic E-state index is 0.183. The number of benzene rings is 1. The summed E-state index contributed by atoms with van der Waals surface area (Å²) >= 11 is 0. The third kappa shape index (κ3) is 9.60. The number of ether oxygens (including phenoxy) is 3. The van der Waals surface area contributed by atoms with Crippen molar-refractivity contribution in [2.24, 2.45) is 17.8 Å². The van der Waals surface area contributed by atoms with Gasteiger partial charge in [0, 0.05) is 0 Å². The van der Waals surface area contributed by atoms with E-state index in [2.05, 4.69) is 34.6 Å². The molecule has 8 atom stereocenters. The summed E-state index contributed by atoms with van der Waals surface area (Å²) in [5.41, 5.74) is 0.850. The summed E-state index contributed by atoms with van der Waals surface area (Å²) in [5, 5.41) is 39.6. The lowest BCUT2D eigenvalue weighted by Gasteiger charge is -2.40. The molecule has 0 amide bonds. The molecule has 3 rings (SSSR count). The maximum atomic E-state index is 10.3. The molecular weight excluding hydrogens is 496 g/mol. The van der Waals surface area contributed by atoms with Gasteiger partial charge in [-0.1, -0.05) is 72.6 Å². The van der Waals surface area contributed by atoms with Crippen LogP contribution < -0.4 is 9.47 Å². The van der Waals surface area contributed by atoms with Crippen molar-refractivity contribution in [1.82, 2.24) is 0 Å². The summed E-state index contributed by atoms with van der Waals surface area (Å²) < 4.78 is 17.7. The Kier molecular flexibility index (Phi) is 12.4. The minimum atomic E-state index is -1.46. The van der Waals surface area contributed by atoms with Gasteiger partial charge in [0.15, 0.2) is 0 Å². The second kappa shape index (κ2) is 15.0. The maximum absolute atomic E-state index is 10.3. The van der Waals surface area contributed by atoms with Gasteiger partial charge in [0.2, 0.25) is 6.29 Å². The Morgan fingerprint density at radius 3 is 2.18 bits per heavy atom. The van der Waals surface area contributed by atoms with Gasteiger partial charge in [-0.2, -0.15) is 0 Å². The Bertz CT molecular complexity index is 859. The van der Waals surface area contributed by atoms with E-state index in [0.29, 0.717) is 5.75 Å². The normalized spacial score (nSPS) is 30.5. The Morgan fingerprint density at radius 2 is 1.54 bits per heavy atom. The topological polar surface area (TPSA) is 109 Å². The Balaban J connectivity index is 1.41. The molecule has 0 aliphatic carbocycles. The first-order valence-corrected chi connectivity index (χ1v) is 15.3. The van der Waals surface area contributed by atoms with Crippen molar-refractivity contribution in [3.8, 4) is 11.5 Å². The largest absolute Gasteiger partial charge is 0.487 e. The van der Waals surface area contributed by atoms with Crippen LogP contribution in [0.2, 0.25) is 0 Å². The highest BCUT2D eigenvalue weighted by molar-refractivity contribution is 5.42. The summed E-state index contributed by atoms with van der Waals surface area (Å²) in [6.07, 6.45) is 6.80. The van der Waals surface area contributed by atoms with Gasteiger partial charge in [0.25, 0.3) is 0 Å². The monoisotopic (exact) mass is 550 g/mol. The molecule has 0 spiro atoms. The van der Waals surface area contributed by atoms with E-state index in [1.54, 1.807) is 6.07 Å². The van der Waals surface area contributed by atoms with Crippen molar-refractivity contribution in [3.05, 3.63) is 23.8 Å². The molecular formula is C32H54O7. The first-order valence-electron chi connectivity index (χ1n) is 15.3. The third-order valence-electron chi connectivity index (χ3n) is 8.69. The average molecular weight is 551 g/mol. The van der Waals surface area contributed by atoms with Crippen molar-refractivity contribution < 1.29 is 34.6 Å². The summed E-state index contributed by atoms with van der Waals surface area (Å²) in [6, 6.07) is 5.53. The van der Waals surface area contributed by atoms with Crippen LogP contribution in [0.1, 0.15) is 104 Å². The van der Waals surface area contributed by atoms with Crippen LogP contribution >= 0.6 is 0 Å². The van der Waals surface area contributed by atoms with E-state index < -0.39 is 37.3 Å². The molecule has 7 nitrogen and oxygen atoms in total. The number of fused-ring (bicyclic) bond motifs is 1. The highest BCUT2D eigenvalue weighted by atomic mass is 16.7. The van der Waals surface area contributed by atoms with Gasteiger partial charge in [-0.25, -0.2) is 0 Å². The fourth-order valence-electron chi connectivity index (χ4n) is 5.92. The zero-order valence-electron chi connectivity index (χ0n) is 24.8. The number of aryl methyl sites for hydroxylation is 1. The molecule has 1 aromatic carbocycles. The number of aliphatic hydroxyl groups is 4.